The molecule has 0 saturated heterocycles. The van der Waals surface area contributed by atoms with Crippen LogP contribution in [-0.4, -0.2) is 22.2 Å². The van der Waals surface area contributed by atoms with Crippen molar-refractivity contribution in [3.8, 4) is 11.4 Å². The lowest BCUT2D eigenvalue weighted by Gasteiger charge is -2.12. The number of esters is 1. The van der Waals surface area contributed by atoms with Gasteiger partial charge in [-0.3, -0.25) is 0 Å². The van der Waals surface area contributed by atoms with Crippen LogP contribution in [-0.2, 0) is 4.74 Å². The molecule has 0 saturated carbocycles. The van der Waals surface area contributed by atoms with Crippen LogP contribution in [0.25, 0.3) is 27.4 Å². The van der Waals surface area contributed by atoms with E-state index in [1.165, 1.54) is 0 Å². The summed E-state index contributed by atoms with van der Waals surface area (Å²) < 4.78 is 8.27. The molecule has 5 heteroatoms. The fraction of sp³-hybridized carbons (Fsp3) is 0.136. The molecule has 3 aromatic carbocycles. The molecule has 1 aromatic heterocycles. The normalized spacial score (nSPS) is 11.2. The lowest BCUT2D eigenvalue weighted by atomic mass is 10.0. The molecule has 0 aliphatic rings. The van der Waals surface area contributed by atoms with Crippen LogP contribution in [0.4, 0.5) is 0 Å². The fourth-order valence-electron chi connectivity index (χ4n) is 3.64. The Morgan fingerprint density at radius 2 is 1.74 bits per heavy atom. The van der Waals surface area contributed by atoms with Crippen LogP contribution in [0.5, 0.6) is 5.75 Å². The molecule has 0 amide bonds. The van der Waals surface area contributed by atoms with Gasteiger partial charge in [-0.15, -0.1) is 0 Å². The van der Waals surface area contributed by atoms with Gasteiger partial charge in [0.25, 0.3) is 0 Å². The summed E-state index contributed by atoms with van der Waals surface area (Å²) in [4.78, 5) is 12.7. The van der Waals surface area contributed by atoms with Gasteiger partial charge in [0.1, 0.15) is 5.75 Å². The molecule has 0 spiro atoms. The Bertz CT molecular complexity index is 1190. The van der Waals surface area contributed by atoms with Crippen LogP contribution in [0.3, 0.4) is 0 Å². The molecular formula is C22H18BrNO3. The Kier molecular flexibility index (Phi) is 4.40. The van der Waals surface area contributed by atoms with Gasteiger partial charge in [0, 0.05) is 26.3 Å². The Labute approximate surface area is 165 Å². The van der Waals surface area contributed by atoms with Crippen molar-refractivity contribution in [3.63, 3.8) is 0 Å². The van der Waals surface area contributed by atoms with Gasteiger partial charge in [-0.1, -0.05) is 36.4 Å². The lowest BCUT2D eigenvalue weighted by molar-refractivity contribution is 0.0527. The second-order valence-electron chi connectivity index (χ2n) is 6.31. The minimum Gasteiger partial charge on any atom is -0.507 e. The van der Waals surface area contributed by atoms with Gasteiger partial charge in [0.15, 0.2) is 0 Å². The first kappa shape index (κ1) is 17.6. The predicted octanol–water partition coefficient (Wildman–Crippen LogP) is 5.74. The zero-order valence-corrected chi connectivity index (χ0v) is 16.6. The number of nitrogens with zero attached hydrogens (tertiary/aromatic N) is 1. The molecule has 4 aromatic rings. The van der Waals surface area contributed by atoms with Crippen LogP contribution in [0.15, 0.2) is 59.1 Å². The van der Waals surface area contributed by atoms with Crippen molar-refractivity contribution in [2.75, 3.05) is 6.61 Å². The van der Waals surface area contributed by atoms with E-state index in [2.05, 4.69) is 15.9 Å². The highest BCUT2D eigenvalue weighted by molar-refractivity contribution is 9.10. The minimum atomic E-state index is -0.388. The summed E-state index contributed by atoms with van der Waals surface area (Å²) in [5, 5.41) is 12.9. The second kappa shape index (κ2) is 6.74. The maximum atomic E-state index is 12.7. The zero-order chi connectivity index (χ0) is 19.1. The molecule has 0 unspecified atom stereocenters. The maximum absolute atomic E-state index is 12.7. The maximum Gasteiger partial charge on any atom is 0.340 e. The SMILES string of the molecule is CCOC(=O)c1c(C)n(-c2ccccc2Br)c2c1cc(O)c1ccccc12. The van der Waals surface area contributed by atoms with E-state index in [1.54, 1.807) is 13.0 Å². The van der Waals surface area contributed by atoms with Crippen LogP contribution in [0, 0.1) is 6.92 Å². The Hall–Kier alpha value is -2.79. The number of rotatable bonds is 3. The summed E-state index contributed by atoms with van der Waals surface area (Å²) in [6.45, 7) is 3.98. The van der Waals surface area contributed by atoms with Crippen LogP contribution >= 0.6 is 15.9 Å². The monoisotopic (exact) mass is 423 g/mol. The highest BCUT2D eigenvalue weighted by atomic mass is 79.9. The molecule has 0 aliphatic carbocycles. The topological polar surface area (TPSA) is 51.5 Å². The van der Waals surface area contributed by atoms with E-state index in [9.17, 15) is 9.90 Å². The Morgan fingerprint density at radius 3 is 2.44 bits per heavy atom. The standard InChI is InChI=1S/C22H18BrNO3/c1-3-27-22(26)20-13(2)24(18-11-7-6-10-17(18)23)21-15-9-5-4-8-14(15)19(25)12-16(20)21/h4-12,25H,3H2,1-2H3. The molecule has 136 valence electrons. The number of benzene rings is 3. The summed E-state index contributed by atoms with van der Waals surface area (Å²) in [6, 6.07) is 17.2. The van der Waals surface area contributed by atoms with E-state index >= 15 is 0 Å². The molecule has 0 atom stereocenters. The molecule has 0 radical (unpaired) electrons. The third-order valence-corrected chi connectivity index (χ3v) is 5.43. The van der Waals surface area contributed by atoms with E-state index in [0.717, 1.165) is 32.1 Å². The Balaban J connectivity index is 2.23. The van der Waals surface area contributed by atoms with Crippen molar-refractivity contribution in [3.05, 3.63) is 70.3 Å². The molecule has 1 heterocycles. The summed E-state index contributed by atoms with van der Waals surface area (Å²) in [5.74, 6) is -0.242. The van der Waals surface area contributed by atoms with E-state index < -0.39 is 0 Å². The number of hydrogen-bond acceptors (Lipinski definition) is 3. The van der Waals surface area contributed by atoms with Gasteiger partial charge < -0.3 is 14.4 Å². The number of aromatic hydroxyl groups is 1. The van der Waals surface area contributed by atoms with Crippen LogP contribution < -0.4 is 0 Å². The van der Waals surface area contributed by atoms with E-state index in [1.807, 2.05) is 60.0 Å². The quantitative estimate of drug-likeness (QED) is 0.427. The predicted molar refractivity (Wildman–Crippen MR) is 111 cm³/mol. The van der Waals surface area contributed by atoms with E-state index in [0.29, 0.717) is 17.6 Å². The zero-order valence-electron chi connectivity index (χ0n) is 15.0. The molecule has 4 nitrogen and oxygen atoms in total. The first-order valence-electron chi connectivity index (χ1n) is 8.72. The average Bonchev–Trinajstić information content (AvgIpc) is 2.94. The minimum absolute atomic E-state index is 0.146. The third kappa shape index (κ3) is 2.70. The molecule has 27 heavy (non-hydrogen) atoms. The molecule has 0 bridgehead atoms. The first-order valence-corrected chi connectivity index (χ1v) is 9.51. The number of ether oxygens (including phenoxy) is 1. The van der Waals surface area contributed by atoms with Crippen molar-refractivity contribution in [2.24, 2.45) is 0 Å². The summed E-state index contributed by atoms with van der Waals surface area (Å²) in [5.41, 5.74) is 3.04. The van der Waals surface area contributed by atoms with Crippen LogP contribution in [0.2, 0.25) is 0 Å². The van der Waals surface area contributed by atoms with Crippen molar-refractivity contribution in [1.82, 2.24) is 4.57 Å². The van der Waals surface area contributed by atoms with Gasteiger partial charge in [-0.25, -0.2) is 4.79 Å². The molecular weight excluding hydrogens is 406 g/mol. The van der Waals surface area contributed by atoms with Gasteiger partial charge in [0.05, 0.1) is 23.4 Å². The number of carbonyl (C=O) groups excluding carboxylic acids is 1. The number of carbonyl (C=O) groups is 1. The van der Waals surface area contributed by atoms with Gasteiger partial charge >= 0.3 is 5.97 Å². The summed E-state index contributed by atoms with van der Waals surface area (Å²) in [6.07, 6.45) is 0. The van der Waals surface area contributed by atoms with Gasteiger partial charge in [0.2, 0.25) is 0 Å². The van der Waals surface area contributed by atoms with E-state index in [4.69, 9.17) is 4.74 Å². The Morgan fingerprint density at radius 1 is 1.07 bits per heavy atom. The highest BCUT2D eigenvalue weighted by Crippen LogP contribution is 2.40. The van der Waals surface area contributed by atoms with E-state index in [-0.39, 0.29) is 11.7 Å². The lowest BCUT2D eigenvalue weighted by Crippen LogP contribution is -2.07. The third-order valence-electron chi connectivity index (χ3n) is 4.76. The highest BCUT2D eigenvalue weighted by Gasteiger charge is 2.25. The second-order valence-corrected chi connectivity index (χ2v) is 7.16. The number of phenolic OH excluding ortho intramolecular Hbond substituents is 1. The number of fused-ring (bicyclic) bond motifs is 3. The molecule has 0 fully saturated rings. The smallest absolute Gasteiger partial charge is 0.340 e. The van der Waals surface area contributed by atoms with Crippen molar-refractivity contribution in [2.45, 2.75) is 13.8 Å². The first-order chi connectivity index (χ1) is 13.0. The molecule has 0 aliphatic heterocycles. The largest absolute Gasteiger partial charge is 0.507 e. The average molecular weight is 424 g/mol. The number of hydrogen-bond donors (Lipinski definition) is 1. The number of para-hydroxylation sites is 1. The number of halogens is 1. The fourth-order valence-corrected chi connectivity index (χ4v) is 4.10. The van der Waals surface area contributed by atoms with Gasteiger partial charge in [-0.2, -0.15) is 0 Å². The number of phenols is 1. The summed E-state index contributed by atoms with van der Waals surface area (Å²) in [7, 11) is 0. The van der Waals surface area contributed by atoms with Crippen molar-refractivity contribution < 1.29 is 14.6 Å². The van der Waals surface area contributed by atoms with Crippen molar-refractivity contribution >= 4 is 43.6 Å². The number of aromatic nitrogens is 1. The van der Waals surface area contributed by atoms with Gasteiger partial charge in [-0.05, 0) is 48.0 Å². The molecule has 1 N–H and O–H groups in total. The molecule has 4 rings (SSSR count). The van der Waals surface area contributed by atoms with Crippen LogP contribution in [0.1, 0.15) is 23.0 Å². The summed E-state index contributed by atoms with van der Waals surface area (Å²) >= 11 is 3.62. The van der Waals surface area contributed by atoms with Crippen molar-refractivity contribution in [1.29, 1.82) is 0 Å².